The predicted molar refractivity (Wildman–Crippen MR) is 73.9 cm³/mol. The third-order valence-corrected chi connectivity index (χ3v) is 3.22. The van der Waals surface area contributed by atoms with Crippen molar-refractivity contribution < 1.29 is 13.9 Å². The summed E-state index contributed by atoms with van der Waals surface area (Å²) in [6, 6.07) is 7.52. The van der Waals surface area contributed by atoms with E-state index in [9.17, 15) is 4.79 Å². The van der Waals surface area contributed by atoms with Gasteiger partial charge in [-0.15, -0.1) is 5.10 Å². The maximum Gasteiger partial charge on any atom is 0.396 e. The summed E-state index contributed by atoms with van der Waals surface area (Å²) >= 11 is 1.14. The van der Waals surface area contributed by atoms with Gasteiger partial charge in [-0.05, 0) is 30.8 Å². The molecule has 0 N–H and O–H groups in total. The fourth-order valence-electron chi connectivity index (χ4n) is 1.61. The molecule has 0 atom stereocenters. The van der Waals surface area contributed by atoms with Gasteiger partial charge in [0.05, 0.1) is 23.8 Å². The number of carbonyl (C=O) groups is 1. The van der Waals surface area contributed by atoms with Crippen LogP contribution in [0, 0.1) is 0 Å². The molecule has 7 nitrogen and oxygen atoms in total. The van der Waals surface area contributed by atoms with Crippen molar-refractivity contribution in [3.63, 3.8) is 0 Å². The first-order valence-corrected chi connectivity index (χ1v) is 6.98. The van der Waals surface area contributed by atoms with Crippen LogP contribution in [-0.2, 0) is 4.74 Å². The molecule has 0 unspecified atom stereocenters. The van der Waals surface area contributed by atoms with E-state index in [1.54, 1.807) is 13.1 Å². The zero-order chi connectivity index (χ0) is 14.7. The molecule has 8 heteroatoms. The van der Waals surface area contributed by atoms with Gasteiger partial charge in [-0.3, -0.25) is 4.98 Å². The minimum absolute atomic E-state index is 0.173. The van der Waals surface area contributed by atoms with E-state index in [0.29, 0.717) is 5.03 Å². The van der Waals surface area contributed by atoms with E-state index in [-0.39, 0.29) is 17.7 Å². The first kappa shape index (κ1) is 13.5. The van der Waals surface area contributed by atoms with Crippen molar-refractivity contribution in [1.29, 1.82) is 0 Å². The van der Waals surface area contributed by atoms with Crippen LogP contribution in [0.25, 0.3) is 11.0 Å². The lowest BCUT2D eigenvalue weighted by molar-refractivity contribution is 0.0475. The molecule has 21 heavy (non-hydrogen) atoms. The highest BCUT2D eigenvalue weighted by atomic mass is 32.2. The number of esters is 1. The van der Waals surface area contributed by atoms with Crippen molar-refractivity contribution in [2.45, 2.75) is 17.2 Å². The smallest absolute Gasteiger partial charge is 0.396 e. The Kier molecular flexibility index (Phi) is 3.78. The van der Waals surface area contributed by atoms with Gasteiger partial charge >= 0.3 is 11.9 Å². The highest BCUT2D eigenvalue weighted by Gasteiger charge is 2.17. The van der Waals surface area contributed by atoms with Gasteiger partial charge in [-0.1, -0.05) is 17.2 Å². The second-order valence-corrected chi connectivity index (χ2v) is 4.86. The summed E-state index contributed by atoms with van der Waals surface area (Å²) in [5.74, 6) is -0.811. The summed E-state index contributed by atoms with van der Waals surface area (Å²) in [4.78, 5) is 20.1. The summed E-state index contributed by atoms with van der Waals surface area (Å²) in [5.41, 5.74) is 1.58. The molecule has 0 aliphatic rings. The summed E-state index contributed by atoms with van der Waals surface area (Å²) < 4.78 is 9.99. The average Bonchev–Trinajstić information content (AvgIpc) is 2.96. The largest absolute Gasteiger partial charge is 0.459 e. The van der Waals surface area contributed by atoms with E-state index < -0.39 is 5.97 Å². The van der Waals surface area contributed by atoms with Gasteiger partial charge in [0.25, 0.3) is 5.22 Å². The Labute approximate surface area is 123 Å². The molecule has 0 radical (unpaired) electrons. The molecule has 3 rings (SSSR count). The second-order valence-electron chi connectivity index (χ2n) is 3.89. The Bertz CT molecular complexity index is 790. The molecule has 0 aliphatic carbocycles. The van der Waals surface area contributed by atoms with Gasteiger partial charge in [-0.25, -0.2) is 9.78 Å². The zero-order valence-electron chi connectivity index (χ0n) is 11.0. The van der Waals surface area contributed by atoms with E-state index >= 15 is 0 Å². The first-order chi connectivity index (χ1) is 10.3. The van der Waals surface area contributed by atoms with E-state index in [1.807, 2.05) is 24.3 Å². The van der Waals surface area contributed by atoms with Crippen LogP contribution in [0.5, 0.6) is 0 Å². The Morgan fingerprint density at radius 1 is 1.29 bits per heavy atom. The quantitative estimate of drug-likeness (QED) is 0.678. The third kappa shape index (κ3) is 3.00. The number of hydrogen-bond acceptors (Lipinski definition) is 8. The van der Waals surface area contributed by atoms with Crippen molar-refractivity contribution in [2.24, 2.45) is 0 Å². The molecule has 0 spiro atoms. The van der Waals surface area contributed by atoms with Crippen LogP contribution in [0.1, 0.15) is 17.6 Å². The van der Waals surface area contributed by atoms with Crippen molar-refractivity contribution in [2.75, 3.05) is 6.61 Å². The average molecular weight is 302 g/mol. The number of para-hydroxylation sites is 2. The summed E-state index contributed by atoms with van der Waals surface area (Å²) in [6.45, 7) is 1.95. The maximum atomic E-state index is 11.4. The molecule has 0 fully saturated rings. The highest BCUT2D eigenvalue weighted by molar-refractivity contribution is 7.99. The molecular formula is C13H10N4O3S. The fraction of sp³-hybridized carbons (Fsp3) is 0.154. The van der Waals surface area contributed by atoms with Crippen LogP contribution in [0.15, 0.2) is 45.1 Å². The molecule has 1 aromatic carbocycles. The van der Waals surface area contributed by atoms with Crippen molar-refractivity contribution in [1.82, 2.24) is 20.2 Å². The Hall–Kier alpha value is -2.48. The lowest BCUT2D eigenvalue weighted by Gasteiger charge is -1.98. The Balaban J connectivity index is 1.80. The number of nitrogens with zero attached hydrogens (tertiary/aromatic N) is 4. The molecule has 0 aliphatic heterocycles. The molecule has 3 aromatic rings. The van der Waals surface area contributed by atoms with Gasteiger partial charge in [0.15, 0.2) is 0 Å². The summed E-state index contributed by atoms with van der Waals surface area (Å²) in [5, 5.41) is 8.22. The van der Waals surface area contributed by atoms with Crippen LogP contribution in [-0.4, -0.2) is 32.7 Å². The minimum Gasteiger partial charge on any atom is -0.459 e. The molecule has 0 amide bonds. The Morgan fingerprint density at radius 3 is 2.90 bits per heavy atom. The van der Waals surface area contributed by atoms with E-state index in [1.165, 1.54) is 0 Å². The van der Waals surface area contributed by atoms with E-state index in [4.69, 9.17) is 9.15 Å². The second kappa shape index (κ2) is 5.88. The van der Waals surface area contributed by atoms with E-state index in [2.05, 4.69) is 20.2 Å². The summed E-state index contributed by atoms with van der Waals surface area (Å²) in [6.07, 6.45) is 1.61. The lowest BCUT2D eigenvalue weighted by atomic mass is 10.3. The standard InChI is InChI=1S/C13H10N4O3S/c1-2-19-12(18)11-16-17-13(20-11)21-10-7-14-8-5-3-4-6-9(8)15-10/h3-7H,2H2,1H3. The first-order valence-electron chi connectivity index (χ1n) is 6.16. The van der Waals surface area contributed by atoms with Gasteiger partial charge < -0.3 is 9.15 Å². The van der Waals surface area contributed by atoms with Crippen molar-refractivity contribution in [3.8, 4) is 0 Å². The number of carbonyl (C=O) groups excluding carboxylic acids is 1. The number of benzene rings is 1. The van der Waals surface area contributed by atoms with Crippen molar-refractivity contribution >= 4 is 28.8 Å². The summed E-state index contributed by atoms with van der Waals surface area (Å²) in [7, 11) is 0. The van der Waals surface area contributed by atoms with Gasteiger partial charge in [0.2, 0.25) is 0 Å². The Morgan fingerprint density at radius 2 is 2.10 bits per heavy atom. The van der Waals surface area contributed by atoms with Gasteiger partial charge in [0.1, 0.15) is 5.03 Å². The highest BCUT2D eigenvalue weighted by Crippen LogP contribution is 2.25. The molecular weight excluding hydrogens is 292 g/mol. The normalized spacial score (nSPS) is 10.7. The number of aromatic nitrogens is 4. The van der Waals surface area contributed by atoms with E-state index in [0.717, 1.165) is 22.8 Å². The maximum absolute atomic E-state index is 11.4. The molecule has 0 saturated carbocycles. The van der Waals surface area contributed by atoms with Gasteiger partial charge in [-0.2, -0.15) is 0 Å². The lowest BCUT2D eigenvalue weighted by Crippen LogP contribution is -2.04. The molecule has 2 heterocycles. The van der Waals surface area contributed by atoms with Crippen LogP contribution in [0.4, 0.5) is 0 Å². The third-order valence-electron chi connectivity index (χ3n) is 2.47. The molecule has 0 bridgehead atoms. The number of rotatable bonds is 4. The number of hydrogen-bond donors (Lipinski definition) is 0. The molecule has 0 saturated heterocycles. The van der Waals surface area contributed by atoms with Crippen LogP contribution in [0.3, 0.4) is 0 Å². The number of fused-ring (bicyclic) bond motifs is 1. The monoisotopic (exact) mass is 302 g/mol. The van der Waals surface area contributed by atoms with Crippen molar-refractivity contribution in [3.05, 3.63) is 36.4 Å². The fourth-order valence-corrected chi connectivity index (χ4v) is 2.24. The zero-order valence-corrected chi connectivity index (χ0v) is 11.8. The van der Waals surface area contributed by atoms with Crippen LogP contribution >= 0.6 is 11.8 Å². The predicted octanol–water partition coefficient (Wildman–Crippen LogP) is 2.34. The SMILES string of the molecule is CCOC(=O)c1nnc(Sc2cnc3ccccc3n2)o1. The molecule has 106 valence electrons. The number of ether oxygens (including phenoxy) is 1. The minimum atomic E-state index is -0.638. The van der Waals surface area contributed by atoms with Crippen LogP contribution in [0.2, 0.25) is 0 Å². The topological polar surface area (TPSA) is 91.0 Å². The molecule has 2 aromatic heterocycles. The van der Waals surface area contributed by atoms with Gasteiger partial charge in [0, 0.05) is 0 Å². The van der Waals surface area contributed by atoms with Crippen LogP contribution < -0.4 is 0 Å².